The van der Waals surface area contributed by atoms with Crippen LogP contribution in [0.15, 0.2) is 10.9 Å². The minimum absolute atomic E-state index is 0.340. The van der Waals surface area contributed by atoms with Crippen molar-refractivity contribution in [2.75, 3.05) is 0 Å². The van der Waals surface area contributed by atoms with Crippen LogP contribution in [0.2, 0.25) is 0 Å². The highest BCUT2D eigenvalue weighted by Crippen LogP contribution is 2.12. The summed E-state index contributed by atoms with van der Waals surface area (Å²) in [6.07, 6.45) is 0. The fourth-order valence-corrected chi connectivity index (χ4v) is 1.19. The number of pyridine rings is 1. The summed E-state index contributed by atoms with van der Waals surface area (Å²) in [6, 6.07) is 1.62. The fourth-order valence-electron chi connectivity index (χ4n) is 1.19. The van der Waals surface area contributed by atoms with Crippen LogP contribution in [0.4, 0.5) is 5.69 Å². The lowest BCUT2D eigenvalue weighted by Crippen LogP contribution is -2.22. The molecule has 70 valence electrons. The Hall–Kier alpha value is -1.65. The van der Waals surface area contributed by atoms with Crippen molar-refractivity contribution in [2.45, 2.75) is 13.8 Å². The van der Waals surface area contributed by atoms with Crippen molar-refractivity contribution in [3.8, 4) is 0 Å². The van der Waals surface area contributed by atoms with E-state index in [9.17, 15) is 14.9 Å². The summed E-state index contributed by atoms with van der Waals surface area (Å²) >= 11 is 0. The van der Waals surface area contributed by atoms with Gasteiger partial charge in [-0.1, -0.05) is 0 Å². The minimum atomic E-state index is -0.642. The summed E-state index contributed by atoms with van der Waals surface area (Å²) in [5, 5.41) is 10.5. The maximum Gasteiger partial charge on any atom is 0.336 e. The first-order valence-corrected chi connectivity index (χ1v) is 3.76. The monoisotopic (exact) mass is 182 g/mol. The Labute approximate surface area is 74.8 Å². The second kappa shape index (κ2) is 3.01. The van der Waals surface area contributed by atoms with E-state index in [4.69, 9.17) is 0 Å². The molecule has 1 aromatic heterocycles. The second-order valence-electron chi connectivity index (χ2n) is 2.94. The Morgan fingerprint density at radius 3 is 2.46 bits per heavy atom. The summed E-state index contributed by atoms with van der Waals surface area (Å²) in [4.78, 5) is 21.2. The number of nitrogens with zero attached hydrogens (tertiary/aromatic N) is 2. The smallest absolute Gasteiger partial charge is 0.310 e. The summed E-state index contributed by atoms with van der Waals surface area (Å²) in [6.45, 7) is 3.30. The lowest BCUT2D eigenvalue weighted by Gasteiger charge is -2.04. The minimum Gasteiger partial charge on any atom is -0.310 e. The normalized spacial score (nSPS) is 10.1. The molecular weight excluding hydrogens is 172 g/mol. The Kier molecular flexibility index (Phi) is 2.18. The number of hydrogen-bond donors (Lipinski definition) is 0. The molecule has 13 heavy (non-hydrogen) atoms. The molecule has 0 aromatic carbocycles. The zero-order valence-corrected chi connectivity index (χ0v) is 7.70. The van der Waals surface area contributed by atoms with Crippen molar-refractivity contribution in [2.24, 2.45) is 7.05 Å². The van der Waals surface area contributed by atoms with Gasteiger partial charge in [0.2, 0.25) is 0 Å². The molecule has 5 nitrogen and oxygen atoms in total. The van der Waals surface area contributed by atoms with E-state index in [0.717, 1.165) is 0 Å². The van der Waals surface area contributed by atoms with Gasteiger partial charge in [0.15, 0.2) is 0 Å². The molecule has 0 spiro atoms. The van der Waals surface area contributed by atoms with Crippen molar-refractivity contribution in [1.82, 2.24) is 4.57 Å². The van der Waals surface area contributed by atoms with Gasteiger partial charge in [-0.2, -0.15) is 0 Å². The molecule has 1 rings (SSSR count). The Morgan fingerprint density at radius 1 is 1.46 bits per heavy atom. The van der Waals surface area contributed by atoms with Crippen LogP contribution in [0.1, 0.15) is 11.3 Å². The van der Waals surface area contributed by atoms with Gasteiger partial charge in [-0.25, -0.2) is 0 Å². The van der Waals surface area contributed by atoms with Crippen LogP contribution in [0.3, 0.4) is 0 Å². The van der Waals surface area contributed by atoms with E-state index < -0.39 is 10.5 Å². The number of hydrogen-bond acceptors (Lipinski definition) is 3. The topological polar surface area (TPSA) is 65.1 Å². The summed E-state index contributed by atoms with van der Waals surface area (Å²) in [5.41, 5.74) is 0.231. The van der Waals surface area contributed by atoms with E-state index in [0.29, 0.717) is 11.3 Å². The van der Waals surface area contributed by atoms with E-state index >= 15 is 0 Å². The third kappa shape index (κ3) is 1.44. The Balaban J connectivity index is 3.63. The van der Waals surface area contributed by atoms with E-state index in [1.165, 1.54) is 11.6 Å². The van der Waals surface area contributed by atoms with Gasteiger partial charge in [-0.15, -0.1) is 0 Å². The molecule has 0 saturated carbocycles. The van der Waals surface area contributed by atoms with E-state index in [-0.39, 0.29) is 5.69 Å². The predicted molar refractivity (Wildman–Crippen MR) is 47.8 cm³/mol. The zero-order valence-electron chi connectivity index (χ0n) is 7.70. The Morgan fingerprint density at radius 2 is 2.00 bits per heavy atom. The van der Waals surface area contributed by atoms with Gasteiger partial charge in [0.25, 0.3) is 0 Å². The SMILES string of the molecule is Cc1cc(C)n(C)c(=O)c1[N+](=O)[O-]. The van der Waals surface area contributed by atoms with Gasteiger partial charge in [0.1, 0.15) is 0 Å². The van der Waals surface area contributed by atoms with Crippen molar-refractivity contribution >= 4 is 5.69 Å². The molecule has 0 bridgehead atoms. The van der Waals surface area contributed by atoms with Gasteiger partial charge in [-0.3, -0.25) is 14.9 Å². The molecule has 0 saturated heterocycles. The van der Waals surface area contributed by atoms with Gasteiger partial charge in [-0.05, 0) is 19.9 Å². The van der Waals surface area contributed by atoms with Crippen molar-refractivity contribution < 1.29 is 4.92 Å². The van der Waals surface area contributed by atoms with E-state index in [2.05, 4.69) is 0 Å². The molecule has 0 aliphatic heterocycles. The first-order valence-electron chi connectivity index (χ1n) is 3.76. The summed E-state index contributed by atoms with van der Waals surface area (Å²) < 4.78 is 1.27. The average molecular weight is 182 g/mol. The van der Waals surface area contributed by atoms with Crippen LogP contribution < -0.4 is 5.56 Å². The maximum absolute atomic E-state index is 11.4. The molecule has 0 amide bonds. The molecule has 5 heteroatoms. The van der Waals surface area contributed by atoms with Crippen molar-refractivity contribution in [3.05, 3.63) is 37.8 Å². The molecule has 0 atom stereocenters. The molecule has 1 aromatic rings. The van der Waals surface area contributed by atoms with E-state index in [1.807, 2.05) is 0 Å². The molecule has 1 heterocycles. The van der Waals surface area contributed by atoms with Gasteiger partial charge < -0.3 is 4.57 Å². The molecule has 0 aliphatic rings. The highest BCUT2D eigenvalue weighted by Gasteiger charge is 2.18. The largest absolute Gasteiger partial charge is 0.336 e. The predicted octanol–water partition coefficient (Wildman–Crippen LogP) is 0.910. The lowest BCUT2D eigenvalue weighted by atomic mass is 10.2. The number of rotatable bonds is 1. The molecule has 0 unspecified atom stereocenters. The highest BCUT2D eigenvalue weighted by atomic mass is 16.6. The first-order chi connectivity index (χ1) is 5.95. The molecule has 0 N–H and O–H groups in total. The third-order valence-corrected chi connectivity index (χ3v) is 2.02. The summed E-state index contributed by atoms with van der Waals surface area (Å²) in [7, 11) is 1.52. The fraction of sp³-hybridized carbons (Fsp3) is 0.375. The first kappa shape index (κ1) is 9.44. The molecule has 0 radical (unpaired) electrons. The second-order valence-corrected chi connectivity index (χ2v) is 2.94. The zero-order chi connectivity index (χ0) is 10.2. The average Bonchev–Trinajstić information content (AvgIpc) is 1.99. The Bertz CT molecular complexity index is 420. The molecule has 0 aliphatic carbocycles. The van der Waals surface area contributed by atoms with Crippen molar-refractivity contribution in [3.63, 3.8) is 0 Å². The van der Waals surface area contributed by atoms with Crippen LogP contribution in [0.25, 0.3) is 0 Å². The number of nitro groups is 1. The third-order valence-electron chi connectivity index (χ3n) is 2.02. The standard InChI is InChI=1S/C8H10N2O3/c1-5-4-6(2)9(3)8(11)7(5)10(12)13/h4H,1-3H3. The summed E-state index contributed by atoms with van der Waals surface area (Å²) in [5.74, 6) is 0. The van der Waals surface area contributed by atoms with Crippen LogP contribution in [0, 0.1) is 24.0 Å². The molecular formula is C8H10N2O3. The quantitative estimate of drug-likeness (QED) is 0.479. The van der Waals surface area contributed by atoms with Gasteiger partial charge in [0, 0.05) is 18.3 Å². The molecule has 0 fully saturated rings. The van der Waals surface area contributed by atoms with Gasteiger partial charge >= 0.3 is 11.2 Å². The maximum atomic E-state index is 11.4. The van der Waals surface area contributed by atoms with Crippen LogP contribution >= 0.6 is 0 Å². The van der Waals surface area contributed by atoms with Crippen LogP contribution in [-0.4, -0.2) is 9.49 Å². The van der Waals surface area contributed by atoms with Crippen molar-refractivity contribution in [1.29, 1.82) is 0 Å². The number of aromatic nitrogens is 1. The van der Waals surface area contributed by atoms with E-state index in [1.54, 1.807) is 19.9 Å². The van der Waals surface area contributed by atoms with Crippen LogP contribution in [-0.2, 0) is 7.05 Å². The highest BCUT2D eigenvalue weighted by molar-refractivity contribution is 5.37. The van der Waals surface area contributed by atoms with Gasteiger partial charge in [0.05, 0.1) is 4.92 Å². The number of aryl methyl sites for hydroxylation is 2. The van der Waals surface area contributed by atoms with Crippen LogP contribution in [0.5, 0.6) is 0 Å². The lowest BCUT2D eigenvalue weighted by molar-refractivity contribution is -0.387.